The molecule has 0 atom stereocenters. The molecule has 0 aromatic heterocycles. The van der Waals surface area contributed by atoms with Crippen molar-refractivity contribution < 1.29 is 0 Å². The van der Waals surface area contributed by atoms with Crippen molar-refractivity contribution in [2.24, 2.45) is 0 Å². The first-order valence-corrected chi connectivity index (χ1v) is 7.11. The Morgan fingerprint density at radius 2 is 2.00 bits per heavy atom. The van der Waals surface area contributed by atoms with Crippen LogP contribution < -0.4 is 0 Å². The standard InChI is InChI=1S/C15H17Br/c1-2-10-7-12-9-11-5-3-4-6-13(11)15(16)14(12)8-10/h7,9H,2-6,8H2,1H3. The molecular weight excluding hydrogens is 260 g/mol. The fourth-order valence-corrected chi connectivity index (χ4v) is 3.78. The van der Waals surface area contributed by atoms with E-state index in [1.165, 1.54) is 54.1 Å². The summed E-state index contributed by atoms with van der Waals surface area (Å²) in [5, 5.41) is 0. The summed E-state index contributed by atoms with van der Waals surface area (Å²) in [7, 11) is 0. The highest BCUT2D eigenvalue weighted by molar-refractivity contribution is 9.10. The Morgan fingerprint density at radius 1 is 1.19 bits per heavy atom. The SMILES string of the molecule is CCC1=Cc2cc3c(c(Br)c2C1)CCCC3. The lowest BCUT2D eigenvalue weighted by Gasteiger charge is -2.19. The predicted molar refractivity (Wildman–Crippen MR) is 72.8 cm³/mol. The topological polar surface area (TPSA) is 0 Å². The van der Waals surface area contributed by atoms with Crippen molar-refractivity contribution in [1.29, 1.82) is 0 Å². The number of hydrogen-bond donors (Lipinski definition) is 0. The molecule has 2 aliphatic carbocycles. The van der Waals surface area contributed by atoms with Gasteiger partial charge in [-0.2, -0.15) is 0 Å². The second kappa shape index (κ2) is 4.03. The smallest absolute Gasteiger partial charge is 0.0251 e. The lowest BCUT2D eigenvalue weighted by molar-refractivity contribution is 0.682. The molecule has 0 N–H and O–H groups in total. The third kappa shape index (κ3) is 1.57. The summed E-state index contributed by atoms with van der Waals surface area (Å²) < 4.78 is 1.42. The van der Waals surface area contributed by atoms with Gasteiger partial charge in [0.25, 0.3) is 0 Å². The van der Waals surface area contributed by atoms with Crippen molar-refractivity contribution in [2.75, 3.05) is 0 Å². The zero-order valence-corrected chi connectivity index (χ0v) is 11.4. The van der Waals surface area contributed by atoms with Gasteiger partial charge in [0.2, 0.25) is 0 Å². The first-order chi connectivity index (χ1) is 7.79. The second-order valence-corrected chi connectivity index (χ2v) is 5.73. The monoisotopic (exact) mass is 276 g/mol. The van der Waals surface area contributed by atoms with E-state index in [1.54, 1.807) is 16.7 Å². The van der Waals surface area contributed by atoms with Crippen molar-refractivity contribution in [1.82, 2.24) is 0 Å². The maximum atomic E-state index is 3.84. The summed E-state index contributed by atoms with van der Waals surface area (Å²) in [4.78, 5) is 0. The Kier molecular flexibility index (Phi) is 2.67. The van der Waals surface area contributed by atoms with Crippen LogP contribution in [0.25, 0.3) is 6.08 Å². The van der Waals surface area contributed by atoms with Crippen LogP contribution >= 0.6 is 15.9 Å². The molecule has 0 amide bonds. The molecule has 1 aromatic rings. The van der Waals surface area contributed by atoms with E-state index < -0.39 is 0 Å². The zero-order valence-electron chi connectivity index (χ0n) is 9.78. The minimum atomic E-state index is 1.17. The van der Waals surface area contributed by atoms with Crippen molar-refractivity contribution >= 4 is 22.0 Å². The number of aryl methyl sites for hydroxylation is 1. The molecule has 0 bridgehead atoms. The van der Waals surface area contributed by atoms with Gasteiger partial charge in [-0.15, -0.1) is 0 Å². The van der Waals surface area contributed by atoms with Gasteiger partial charge in [-0.1, -0.05) is 40.6 Å². The van der Waals surface area contributed by atoms with Crippen LogP contribution in [-0.4, -0.2) is 0 Å². The van der Waals surface area contributed by atoms with Crippen molar-refractivity contribution in [2.45, 2.75) is 45.4 Å². The number of allylic oxidation sites excluding steroid dienone is 1. The van der Waals surface area contributed by atoms with Crippen LogP contribution in [0.2, 0.25) is 0 Å². The van der Waals surface area contributed by atoms with E-state index in [-0.39, 0.29) is 0 Å². The van der Waals surface area contributed by atoms with E-state index in [0.717, 1.165) is 0 Å². The van der Waals surface area contributed by atoms with Crippen molar-refractivity contribution in [3.63, 3.8) is 0 Å². The lowest BCUT2D eigenvalue weighted by atomic mass is 9.88. The molecular formula is C15H17Br. The Labute approximate surface area is 106 Å². The fraction of sp³-hybridized carbons (Fsp3) is 0.467. The normalized spacial score (nSPS) is 18.0. The van der Waals surface area contributed by atoms with E-state index in [2.05, 4.69) is 35.0 Å². The van der Waals surface area contributed by atoms with Crippen LogP contribution in [0.4, 0.5) is 0 Å². The average molecular weight is 277 g/mol. The molecule has 2 aliphatic rings. The maximum absolute atomic E-state index is 3.84. The highest BCUT2D eigenvalue weighted by Gasteiger charge is 2.21. The highest BCUT2D eigenvalue weighted by atomic mass is 79.9. The van der Waals surface area contributed by atoms with E-state index in [0.29, 0.717) is 0 Å². The molecule has 16 heavy (non-hydrogen) atoms. The Bertz CT molecular complexity index is 469. The molecule has 3 rings (SSSR count). The minimum absolute atomic E-state index is 1.17. The summed E-state index contributed by atoms with van der Waals surface area (Å²) in [5.74, 6) is 0. The Hall–Kier alpha value is -0.560. The summed E-state index contributed by atoms with van der Waals surface area (Å²) in [5.41, 5.74) is 7.78. The van der Waals surface area contributed by atoms with Crippen LogP contribution in [0.1, 0.15) is 48.4 Å². The van der Waals surface area contributed by atoms with Gasteiger partial charge in [-0.25, -0.2) is 0 Å². The van der Waals surface area contributed by atoms with Crippen LogP contribution in [0.3, 0.4) is 0 Å². The molecule has 0 aliphatic heterocycles. The fourth-order valence-electron chi connectivity index (χ4n) is 2.96. The largest absolute Gasteiger partial charge is 0.0654 e. The molecule has 0 heterocycles. The molecule has 84 valence electrons. The summed E-state index contributed by atoms with van der Waals surface area (Å²) in [6.45, 7) is 2.26. The average Bonchev–Trinajstić information content (AvgIpc) is 2.73. The predicted octanol–water partition coefficient (Wildman–Crippen LogP) is 4.68. The van der Waals surface area contributed by atoms with Gasteiger partial charge in [0.1, 0.15) is 0 Å². The lowest BCUT2D eigenvalue weighted by Crippen LogP contribution is -2.05. The Balaban J connectivity index is 2.12. The summed E-state index contributed by atoms with van der Waals surface area (Å²) in [6.07, 6.45) is 10.0. The van der Waals surface area contributed by atoms with Gasteiger partial charge in [-0.3, -0.25) is 0 Å². The molecule has 1 aromatic carbocycles. The maximum Gasteiger partial charge on any atom is 0.0251 e. The molecule has 0 saturated carbocycles. The zero-order chi connectivity index (χ0) is 11.1. The van der Waals surface area contributed by atoms with E-state index in [4.69, 9.17) is 0 Å². The molecule has 0 saturated heterocycles. The second-order valence-electron chi connectivity index (χ2n) is 4.94. The number of fused-ring (bicyclic) bond motifs is 2. The van der Waals surface area contributed by atoms with Gasteiger partial charge in [0.05, 0.1) is 0 Å². The highest BCUT2D eigenvalue weighted by Crippen LogP contribution is 2.39. The number of hydrogen-bond acceptors (Lipinski definition) is 0. The number of rotatable bonds is 1. The van der Waals surface area contributed by atoms with E-state index in [1.807, 2.05) is 0 Å². The van der Waals surface area contributed by atoms with Crippen molar-refractivity contribution in [3.8, 4) is 0 Å². The molecule has 0 nitrogen and oxygen atoms in total. The number of halogens is 1. The van der Waals surface area contributed by atoms with Gasteiger partial charge >= 0.3 is 0 Å². The van der Waals surface area contributed by atoms with E-state index in [9.17, 15) is 0 Å². The molecule has 0 fully saturated rings. The van der Waals surface area contributed by atoms with Gasteiger partial charge < -0.3 is 0 Å². The van der Waals surface area contributed by atoms with Crippen LogP contribution in [0.5, 0.6) is 0 Å². The summed E-state index contributed by atoms with van der Waals surface area (Å²) >= 11 is 3.84. The number of benzene rings is 1. The van der Waals surface area contributed by atoms with Crippen LogP contribution in [-0.2, 0) is 19.3 Å². The first kappa shape index (κ1) is 10.6. The third-order valence-electron chi connectivity index (χ3n) is 3.94. The molecule has 1 heteroatoms. The Morgan fingerprint density at radius 3 is 2.81 bits per heavy atom. The molecule has 0 radical (unpaired) electrons. The van der Waals surface area contributed by atoms with Crippen molar-refractivity contribution in [3.05, 3.63) is 38.4 Å². The molecule has 0 unspecified atom stereocenters. The van der Waals surface area contributed by atoms with Gasteiger partial charge in [0.15, 0.2) is 0 Å². The molecule has 0 spiro atoms. The first-order valence-electron chi connectivity index (χ1n) is 6.32. The van der Waals surface area contributed by atoms with Crippen LogP contribution in [0.15, 0.2) is 16.1 Å². The third-order valence-corrected chi connectivity index (χ3v) is 4.89. The van der Waals surface area contributed by atoms with Crippen LogP contribution in [0, 0.1) is 0 Å². The minimum Gasteiger partial charge on any atom is -0.0654 e. The van der Waals surface area contributed by atoms with Gasteiger partial charge in [-0.05, 0) is 60.8 Å². The van der Waals surface area contributed by atoms with E-state index >= 15 is 0 Å². The summed E-state index contributed by atoms with van der Waals surface area (Å²) in [6, 6.07) is 2.44. The van der Waals surface area contributed by atoms with Gasteiger partial charge in [0, 0.05) is 4.47 Å². The quantitative estimate of drug-likeness (QED) is 0.699.